The van der Waals surface area contributed by atoms with Crippen molar-refractivity contribution in [2.24, 2.45) is 11.8 Å². The number of rotatable bonds is 10. The van der Waals surface area contributed by atoms with Crippen molar-refractivity contribution < 1.29 is 14.6 Å². The van der Waals surface area contributed by atoms with Crippen LogP contribution in [-0.4, -0.2) is 36.1 Å². The first kappa shape index (κ1) is 15.8. The first-order valence-electron chi connectivity index (χ1n) is 5.73. The van der Waals surface area contributed by atoms with Crippen molar-refractivity contribution in [3.05, 3.63) is 20.2 Å². The summed E-state index contributed by atoms with van der Waals surface area (Å²) in [6.45, 7) is 4.65. The zero-order chi connectivity index (χ0) is 13.3. The van der Waals surface area contributed by atoms with Gasteiger partial charge < -0.3 is 4.74 Å². The summed E-state index contributed by atoms with van der Waals surface area (Å²) in [5.41, 5.74) is 0. The second kappa shape index (κ2) is 8.86. The number of nitro groups is 2. The highest BCUT2D eigenvalue weighted by atomic mass is 16.6. The molecule has 0 rings (SSSR count). The molecule has 7 nitrogen and oxygen atoms in total. The predicted octanol–water partition coefficient (Wildman–Crippen LogP) is 1.61. The van der Waals surface area contributed by atoms with Crippen molar-refractivity contribution in [3.63, 3.8) is 0 Å². The van der Waals surface area contributed by atoms with Crippen LogP contribution in [0.15, 0.2) is 0 Å². The summed E-state index contributed by atoms with van der Waals surface area (Å²) < 4.78 is 5.38. The Labute approximate surface area is 100 Å². The van der Waals surface area contributed by atoms with Crippen molar-refractivity contribution >= 4 is 0 Å². The van der Waals surface area contributed by atoms with Crippen LogP contribution in [-0.2, 0) is 4.74 Å². The maximum atomic E-state index is 10.1. The Bertz CT molecular complexity index is 223. The quantitative estimate of drug-likeness (QED) is 0.432. The predicted molar refractivity (Wildman–Crippen MR) is 62.1 cm³/mol. The molecule has 0 aliphatic carbocycles. The van der Waals surface area contributed by atoms with Crippen LogP contribution in [0.25, 0.3) is 0 Å². The van der Waals surface area contributed by atoms with E-state index >= 15 is 0 Å². The van der Waals surface area contributed by atoms with E-state index in [1.807, 2.05) is 13.8 Å². The van der Waals surface area contributed by atoms with Crippen LogP contribution < -0.4 is 0 Å². The van der Waals surface area contributed by atoms with Gasteiger partial charge in [-0.05, 0) is 11.8 Å². The molecule has 17 heavy (non-hydrogen) atoms. The summed E-state index contributed by atoms with van der Waals surface area (Å²) in [5, 5.41) is 20.3. The molecule has 2 atom stereocenters. The first-order chi connectivity index (χ1) is 7.91. The standard InChI is InChI=1S/C10H20N2O5/c1-9(3-5-11(13)14)7-17-8-10(2)4-6-12(15)16/h9-10H,3-8H2,1-2H3. The average Bonchev–Trinajstić information content (AvgIpc) is 2.23. The summed E-state index contributed by atoms with van der Waals surface area (Å²) in [7, 11) is 0. The molecular formula is C10H20N2O5. The zero-order valence-electron chi connectivity index (χ0n) is 10.3. The zero-order valence-corrected chi connectivity index (χ0v) is 10.3. The molecule has 0 aromatic rings. The van der Waals surface area contributed by atoms with Crippen LogP contribution in [0.4, 0.5) is 0 Å². The lowest BCUT2D eigenvalue weighted by Crippen LogP contribution is -2.16. The van der Waals surface area contributed by atoms with Crippen molar-refractivity contribution in [2.75, 3.05) is 26.3 Å². The lowest BCUT2D eigenvalue weighted by molar-refractivity contribution is -0.481. The van der Waals surface area contributed by atoms with Gasteiger partial charge in [-0.25, -0.2) is 0 Å². The molecule has 0 saturated carbocycles. The molecule has 100 valence electrons. The summed E-state index contributed by atoms with van der Waals surface area (Å²) >= 11 is 0. The van der Waals surface area contributed by atoms with Crippen LogP contribution in [0, 0.1) is 32.1 Å². The molecule has 2 unspecified atom stereocenters. The number of ether oxygens (including phenoxy) is 1. The fourth-order valence-corrected chi connectivity index (χ4v) is 1.29. The molecule has 0 spiro atoms. The highest BCUT2D eigenvalue weighted by Crippen LogP contribution is 2.06. The summed E-state index contributed by atoms with van der Waals surface area (Å²) in [5.74, 6) is 0.284. The third-order valence-electron chi connectivity index (χ3n) is 2.41. The smallest absolute Gasteiger partial charge is 0.204 e. The van der Waals surface area contributed by atoms with Gasteiger partial charge in [0.1, 0.15) is 0 Å². The molecule has 0 aliphatic rings. The van der Waals surface area contributed by atoms with Gasteiger partial charge >= 0.3 is 0 Å². The maximum Gasteiger partial charge on any atom is 0.204 e. The van der Waals surface area contributed by atoms with Gasteiger partial charge in [0.05, 0.1) is 0 Å². The minimum absolute atomic E-state index is 0.0403. The van der Waals surface area contributed by atoms with E-state index in [9.17, 15) is 20.2 Å². The van der Waals surface area contributed by atoms with Crippen LogP contribution in [0.1, 0.15) is 26.7 Å². The third-order valence-corrected chi connectivity index (χ3v) is 2.41. The van der Waals surface area contributed by atoms with Crippen molar-refractivity contribution in [1.29, 1.82) is 0 Å². The fourth-order valence-electron chi connectivity index (χ4n) is 1.29. The lowest BCUT2D eigenvalue weighted by Gasteiger charge is -2.13. The fraction of sp³-hybridized carbons (Fsp3) is 1.00. The number of nitrogens with zero attached hydrogens (tertiary/aromatic N) is 2. The Morgan fingerprint density at radius 3 is 1.59 bits per heavy atom. The lowest BCUT2D eigenvalue weighted by atomic mass is 10.1. The van der Waals surface area contributed by atoms with Gasteiger partial charge in [-0.1, -0.05) is 13.8 Å². The van der Waals surface area contributed by atoms with Crippen molar-refractivity contribution in [2.45, 2.75) is 26.7 Å². The van der Waals surface area contributed by atoms with Crippen LogP contribution in [0.2, 0.25) is 0 Å². The van der Waals surface area contributed by atoms with Crippen molar-refractivity contribution in [3.8, 4) is 0 Å². The van der Waals surface area contributed by atoms with Gasteiger partial charge in [0.25, 0.3) is 0 Å². The largest absolute Gasteiger partial charge is 0.381 e. The van der Waals surface area contributed by atoms with Gasteiger partial charge in [0.15, 0.2) is 0 Å². The monoisotopic (exact) mass is 248 g/mol. The molecule has 0 N–H and O–H groups in total. The molecule has 0 aromatic heterocycles. The molecule has 0 fully saturated rings. The molecular weight excluding hydrogens is 228 g/mol. The number of hydrogen-bond acceptors (Lipinski definition) is 5. The van der Waals surface area contributed by atoms with E-state index in [1.165, 1.54) is 0 Å². The molecule has 7 heteroatoms. The second-order valence-electron chi connectivity index (χ2n) is 4.44. The Kier molecular flexibility index (Phi) is 8.21. The van der Waals surface area contributed by atoms with E-state index in [-0.39, 0.29) is 34.8 Å². The molecule has 0 heterocycles. The first-order valence-corrected chi connectivity index (χ1v) is 5.73. The van der Waals surface area contributed by atoms with E-state index in [0.29, 0.717) is 26.1 Å². The highest BCUT2D eigenvalue weighted by molar-refractivity contribution is 4.53. The number of hydrogen-bond donors (Lipinski definition) is 0. The van der Waals surface area contributed by atoms with E-state index in [0.717, 1.165) is 0 Å². The van der Waals surface area contributed by atoms with Crippen LogP contribution in [0.3, 0.4) is 0 Å². The third kappa shape index (κ3) is 11.0. The maximum absolute atomic E-state index is 10.1. The second-order valence-corrected chi connectivity index (χ2v) is 4.44. The normalized spacial score (nSPS) is 14.2. The molecule has 0 aromatic carbocycles. The molecule has 0 saturated heterocycles. The van der Waals surface area contributed by atoms with Gasteiger partial charge in [-0.15, -0.1) is 0 Å². The van der Waals surface area contributed by atoms with E-state index in [4.69, 9.17) is 4.74 Å². The molecule has 0 amide bonds. The van der Waals surface area contributed by atoms with Gasteiger partial charge in [-0.2, -0.15) is 0 Å². The van der Waals surface area contributed by atoms with Crippen LogP contribution >= 0.6 is 0 Å². The van der Waals surface area contributed by atoms with Crippen molar-refractivity contribution in [1.82, 2.24) is 0 Å². The van der Waals surface area contributed by atoms with Gasteiger partial charge in [-0.3, -0.25) is 20.2 Å². The summed E-state index contributed by atoms with van der Waals surface area (Å²) in [6.07, 6.45) is 0.993. The van der Waals surface area contributed by atoms with Crippen LogP contribution in [0.5, 0.6) is 0 Å². The topological polar surface area (TPSA) is 95.5 Å². The summed E-state index contributed by atoms with van der Waals surface area (Å²) in [4.78, 5) is 19.6. The summed E-state index contributed by atoms with van der Waals surface area (Å²) in [6, 6.07) is 0. The highest BCUT2D eigenvalue weighted by Gasteiger charge is 2.10. The van der Waals surface area contributed by atoms with E-state index < -0.39 is 0 Å². The SMILES string of the molecule is CC(CC[N+](=O)[O-])COCC(C)CC[N+](=O)[O-]. The van der Waals surface area contributed by atoms with Gasteiger partial charge in [0, 0.05) is 35.9 Å². The Morgan fingerprint density at radius 1 is 0.941 bits per heavy atom. The minimum Gasteiger partial charge on any atom is -0.381 e. The van der Waals surface area contributed by atoms with E-state index in [1.54, 1.807) is 0 Å². The average molecular weight is 248 g/mol. The molecule has 0 aliphatic heterocycles. The van der Waals surface area contributed by atoms with E-state index in [2.05, 4.69) is 0 Å². The Morgan fingerprint density at radius 2 is 1.29 bits per heavy atom. The Hall–Kier alpha value is -1.24. The molecule has 0 radical (unpaired) electrons. The molecule has 0 bridgehead atoms. The Balaban J connectivity index is 3.48. The minimum atomic E-state index is -0.337. The van der Waals surface area contributed by atoms with Gasteiger partial charge in [0.2, 0.25) is 13.1 Å².